The molecule has 1 aromatic heterocycles. The van der Waals surface area contributed by atoms with Crippen molar-refractivity contribution >= 4 is 39.1 Å². The van der Waals surface area contributed by atoms with E-state index in [1.165, 1.54) is 49.7 Å². The quantitative estimate of drug-likeness (QED) is 0.383. The van der Waals surface area contributed by atoms with Crippen LogP contribution in [0.15, 0.2) is 71.8 Å². The SMILES string of the molecule is COc1ccc(NS(=O)(=O)c2cccc(C(=O)NNC(=O)c3ccnc(Cl)c3)c2)cc1. The van der Waals surface area contributed by atoms with Gasteiger partial charge in [0.15, 0.2) is 0 Å². The molecule has 0 radical (unpaired) electrons. The lowest BCUT2D eigenvalue weighted by atomic mass is 10.2. The van der Waals surface area contributed by atoms with Crippen LogP contribution in [0.4, 0.5) is 5.69 Å². The van der Waals surface area contributed by atoms with Crippen LogP contribution in [-0.2, 0) is 10.0 Å². The highest BCUT2D eigenvalue weighted by molar-refractivity contribution is 7.92. The Balaban J connectivity index is 1.69. The van der Waals surface area contributed by atoms with Crippen LogP contribution >= 0.6 is 11.6 Å². The number of anilines is 1. The minimum Gasteiger partial charge on any atom is -0.497 e. The van der Waals surface area contributed by atoms with Crippen LogP contribution < -0.4 is 20.3 Å². The molecule has 1 heterocycles. The lowest BCUT2D eigenvalue weighted by molar-refractivity contribution is 0.0846. The van der Waals surface area contributed by atoms with Crippen molar-refractivity contribution in [1.29, 1.82) is 0 Å². The van der Waals surface area contributed by atoms with Gasteiger partial charge in [-0.25, -0.2) is 13.4 Å². The van der Waals surface area contributed by atoms with E-state index in [1.54, 1.807) is 24.3 Å². The Morgan fingerprint density at radius 3 is 2.19 bits per heavy atom. The second kappa shape index (κ2) is 9.45. The van der Waals surface area contributed by atoms with Gasteiger partial charge in [0.2, 0.25) is 0 Å². The zero-order valence-corrected chi connectivity index (χ0v) is 17.7. The summed E-state index contributed by atoms with van der Waals surface area (Å²) in [6, 6.07) is 14.4. The van der Waals surface area contributed by atoms with Gasteiger partial charge in [0, 0.05) is 23.0 Å². The Kier molecular flexibility index (Phi) is 6.73. The Morgan fingerprint density at radius 2 is 1.58 bits per heavy atom. The number of carbonyl (C=O) groups is 2. The molecule has 3 N–H and O–H groups in total. The zero-order chi connectivity index (χ0) is 22.4. The minimum absolute atomic E-state index is 0.0330. The fourth-order valence-corrected chi connectivity index (χ4v) is 3.76. The Bertz CT molecular complexity index is 1220. The van der Waals surface area contributed by atoms with Crippen LogP contribution in [-0.4, -0.2) is 32.3 Å². The number of hydrogen-bond donors (Lipinski definition) is 3. The first kappa shape index (κ1) is 22.1. The summed E-state index contributed by atoms with van der Waals surface area (Å²) in [4.78, 5) is 28.1. The van der Waals surface area contributed by atoms with E-state index in [0.717, 1.165) is 0 Å². The van der Waals surface area contributed by atoms with Crippen molar-refractivity contribution < 1.29 is 22.7 Å². The monoisotopic (exact) mass is 460 g/mol. The summed E-state index contributed by atoms with van der Waals surface area (Å²) in [5.74, 6) is -0.727. The number of hydrazine groups is 1. The van der Waals surface area contributed by atoms with E-state index in [1.807, 2.05) is 0 Å². The van der Waals surface area contributed by atoms with Crippen LogP contribution in [0.3, 0.4) is 0 Å². The summed E-state index contributed by atoms with van der Waals surface area (Å²) >= 11 is 5.73. The lowest BCUT2D eigenvalue weighted by Crippen LogP contribution is -2.41. The van der Waals surface area contributed by atoms with Crippen molar-refractivity contribution in [2.24, 2.45) is 0 Å². The molecule has 3 aromatic rings. The number of benzene rings is 2. The summed E-state index contributed by atoms with van der Waals surface area (Å²) < 4.78 is 32.8. The maximum atomic E-state index is 12.7. The van der Waals surface area contributed by atoms with Crippen molar-refractivity contribution in [2.45, 2.75) is 4.90 Å². The van der Waals surface area contributed by atoms with E-state index < -0.39 is 21.8 Å². The molecule has 31 heavy (non-hydrogen) atoms. The topological polar surface area (TPSA) is 126 Å². The van der Waals surface area contributed by atoms with Crippen molar-refractivity contribution in [2.75, 3.05) is 11.8 Å². The van der Waals surface area contributed by atoms with Gasteiger partial charge in [-0.2, -0.15) is 0 Å². The second-order valence-electron chi connectivity index (χ2n) is 6.14. The molecular formula is C20H17ClN4O5S. The minimum atomic E-state index is -3.95. The molecule has 9 nitrogen and oxygen atoms in total. The van der Waals surface area contributed by atoms with Crippen LogP contribution in [0.2, 0.25) is 5.15 Å². The highest BCUT2D eigenvalue weighted by Gasteiger charge is 2.17. The number of pyridine rings is 1. The number of ether oxygens (including phenoxy) is 1. The summed E-state index contributed by atoms with van der Waals surface area (Å²) in [7, 11) is -2.44. The van der Waals surface area contributed by atoms with Crippen molar-refractivity contribution in [1.82, 2.24) is 15.8 Å². The average Bonchev–Trinajstić information content (AvgIpc) is 2.77. The first-order valence-electron chi connectivity index (χ1n) is 8.78. The Labute approximate surface area is 183 Å². The van der Waals surface area contributed by atoms with Crippen LogP contribution in [0, 0.1) is 0 Å². The fourth-order valence-electron chi connectivity index (χ4n) is 2.48. The molecule has 0 fully saturated rings. The number of aromatic nitrogens is 1. The molecule has 0 aliphatic rings. The number of nitrogens with one attached hydrogen (secondary N) is 3. The number of methoxy groups -OCH3 is 1. The summed E-state index contributed by atoms with van der Waals surface area (Å²) in [5.41, 5.74) is 5.02. The largest absolute Gasteiger partial charge is 0.497 e. The summed E-state index contributed by atoms with van der Waals surface area (Å²) in [6.45, 7) is 0. The molecule has 0 spiro atoms. The normalized spacial score (nSPS) is 10.8. The van der Waals surface area contributed by atoms with Crippen molar-refractivity contribution in [3.63, 3.8) is 0 Å². The first-order chi connectivity index (χ1) is 14.8. The van der Waals surface area contributed by atoms with Gasteiger partial charge in [-0.05, 0) is 54.6 Å². The van der Waals surface area contributed by atoms with Crippen molar-refractivity contribution in [3.8, 4) is 5.75 Å². The third-order valence-electron chi connectivity index (χ3n) is 4.03. The summed E-state index contributed by atoms with van der Waals surface area (Å²) in [6.07, 6.45) is 1.35. The molecule has 0 saturated heterocycles. The predicted molar refractivity (Wildman–Crippen MR) is 114 cm³/mol. The highest BCUT2D eigenvalue weighted by Crippen LogP contribution is 2.20. The smallest absolute Gasteiger partial charge is 0.269 e. The maximum absolute atomic E-state index is 12.7. The third-order valence-corrected chi connectivity index (χ3v) is 5.61. The molecule has 0 saturated carbocycles. The standard InChI is InChI=1S/C20H17ClN4O5S/c1-30-16-7-5-15(6-8-16)25-31(28,29)17-4-2-3-13(11-17)19(26)23-24-20(27)14-9-10-22-18(21)12-14/h2-12,25H,1H3,(H,23,26)(H,24,27). The predicted octanol–water partition coefficient (Wildman–Crippen LogP) is 2.62. The molecule has 11 heteroatoms. The number of halogens is 1. The molecule has 0 bridgehead atoms. The number of rotatable bonds is 6. The second-order valence-corrected chi connectivity index (χ2v) is 8.21. The van der Waals surface area contributed by atoms with Gasteiger partial charge in [-0.3, -0.25) is 25.2 Å². The van der Waals surface area contributed by atoms with Gasteiger partial charge in [-0.15, -0.1) is 0 Å². The third kappa shape index (κ3) is 5.71. The van der Waals surface area contributed by atoms with Crippen LogP contribution in [0.25, 0.3) is 0 Å². The maximum Gasteiger partial charge on any atom is 0.269 e. The number of sulfonamides is 1. The van der Waals surface area contributed by atoms with E-state index in [4.69, 9.17) is 16.3 Å². The van der Waals surface area contributed by atoms with E-state index in [0.29, 0.717) is 11.4 Å². The molecule has 0 atom stereocenters. The summed E-state index contributed by atoms with van der Waals surface area (Å²) in [5, 5.41) is 0.126. The molecule has 2 aromatic carbocycles. The fraction of sp³-hybridized carbons (Fsp3) is 0.0500. The van der Waals surface area contributed by atoms with Gasteiger partial charge < -0.3 is 4.74 Å². The molecular weight excluding hydrogens is 444 g/mol. The van der Waals surface area contributed by atoms with E-state index >= 15 is 0 Å². The van der Waals surface area contributed by atoms with E-state index in [9.17, 15) is 18.0 Å². The number of amides is 2. The molecule has 0 aliphatic heterocycles. The van der Waals surface area contributed by atoms with E-state index in [2.05, 4.69) is 20.6 Å². The Hall–Kier alpha value is -3.63. The highest BCUT2D eigenvalue weighted by atomic mass is 35.5. The molecule has 0 unspecified atom stereocenters. The first-order valence-corrected chi connectivity index (χ1v) is 10.6. The van der Waals surface area contributed by atoms with Gasteiger partial charge in [0.25, 0.3) is 21.8 Å². The van der Waals surface area contributed by atoms with Gasteiger partial charge in [0.1, 0.15) is 10.9 Å². The number of carbonyl (C=O) groups excluding carboxylic acids is 2. The van der Waals surface area contributed by atoms with E-state index in [-0.39, 0.29) is 21.2 Å². The lowest BCUT2D eigenvalue weighted by Gasteiger charge is -2.11. The van der Waals surface area contributed by atoms with Crippen molar-refractivity contribution in [3.05, 3.63) is 83.1 Å². The van der Waals surface area contributed by atoms with Crippen LogP contribution in [0.1, 0.15) is 20.7 Å². The van der Waals surface area contributed by atoms with Gasteiger partial charge in [0.05, 0.1) is 12.0 Å². The Morgan fingerprint density at radius 1 is 0.935 bits per heavy atom. The molecule has 3 rings (SSSR count). The van der Waals surface area contributed by atoms with Crippen LogP contribution in [0.5, 0.6) is 5.75 Å². The number of nitrogens with zero attached hydrogens (tertiary/aromatic N) is 1. The van der Waals surface area contributed by atoms with Gasteiger partial charge >= 0.3 is 0 Å². The molecule has 0 aliphatic carbocycles. The van der Waals surface area contributed by atoms with Gasteiger partial charge in [-0.1, -0.05) is 17.7 Å². The molecule has 2 amide bonds. The average molecular weight is 461 g/mol. The number of hydrogen-bond acceptors (Lipinski definition) is 6. The molecule has 160 valence electrons. The zero-order valence-electron chi connectivity index (χ0n) is 16.1.